The van der Waals surface area contributed by atoms with Crippen LogP contribution in [0.3, 0.4) is 0 Å². The molecule has 0 radical (unpaired) electrons. The Bertz CT molecular complexity index is 982. The van der Waals surface area contributed by atoms with E-state index in [1.807, 2.05) is 36.4 Å². The number of phenols is 1. The summed E-state index contributed by atoms with van der Waals surface area (Å²) >= 11 is 0. The number of esters is 1. The van der Waals surface area contributed by atoms with Crippen LogP contribution < -0.4 is 9.47 Å². The van der Waals surface area contributed by atoms with Gasteiger partial charge in [0.2, 0.25) is 0 Å². The molecule has 0 aliphatic carbocycles. The van der Waals surface area contributed by atoms with E-state index < -0.39 is 12.3 Å². The summed E-state index contributed by atoms with van der Waals surface area (Å²) in [4.78, 5) is 13.0. The normalized spacial score (nSPS) is 10.8. The summed E-state index contributed by atoms with van der Waals surface area (Å²) in [5.74, 6) is -0.0823. The fourth-order valence-electron chi connectivity index (χ4n) is 3.08. The van der Waals surface area contributed by atoms with Gasteiger partial charge in [0.15, 0.2) is 6.29 Å². The van der Waals surface area contributed by atoms with Gasteiger partial charge in [0.25, 0.3) is 0 Å². The Balaban J connectivity index is 2.01. The molecule has 0 saturated heterocycles. The highest BCUT2D eigenvalue weighted by molar-refractivity contribution is 5.96. The average Bonchev–Trinajstić information content (AvgIpc) is 2.77. The van der Waals surface area contributed by atoms with Crippen molar-refractivity contribution in [1.29, 1.82) is 0 Å². The molecule has 3 rings (SSSR count). The molecule has 3 aromatic carbocycles. The van der Waals surface area contributed by atoms with Crippen LogP contribution in [0.2, 0.25) is 0 Å². The molecule has 0 aromatic heterocycles. The number of carbonyl (C=O) groups excluding carboxylic acids is 1. The molecule has 0 bridgehead atoms. The Morgan fingerprint density at radius 3 is 2.17 bits per heavy atom. The molecule has 0 heterocycles. The first kappa shape index (κ1) is 21.4. The van der Waals surface area contributed by atoms with E-state index in [0.717, 1.165) is 5.56 Å². The maximum absolute atomic E-state index is 13.0. The fraction of sp³-hybridized carbons (Fsp3) is 0.208. The number of aromatic hydroxyl groups is 1. The van der Waals surface area contributed by atoms with Crippen molar-refractivity contribution in [1.82, 2.24) is 0 Å². The van der Waals surface area contributed by atoms with Gasteiger partial charge < -0.3 is 24.1 Å². The second kappa shape index (κ2) is 9.91. The van der Waals surface area contributed by atoms with Gasteiger partial charge in [-0.2, -0.15) is 0 Å². The average molecular weight is 408 g/mol. The number of hydrogen-bond donors (Lipinski definition) is 1. The molecule has 0 aliphatic heterocycles. The van der Waals surface area contributed by atoms with E-state index in [-0.39, 0.29) is 23.7 Å². The maximum Gasteiger partial charge on any atom is 0.347 e. The Morgan fingerprint density at radius 2 is 1.57 bits per heavy atom. The topological polar surface area (TPSA) is 74.2 Å². The van der Waals surface area contributed by atoms with Crippen LogP contribution in [0.1, 0.15) is 33.3 Å². The molecule has 6 heteroatoms. The molecule has 1 N–H and O–H groups in total. The Labute approximate surface area is 175 Å². The van der Waals surface area contributed by atoms with Gasteiger partial charge in [-0.25, -0.2) is 4.79 Å². The highest BCUT2D eigenvalue weighted by atomic mass is 16.7. The van der Waals surface area contributed by atoms with Crippen LogP contribution in [0.5, 0.6) is 17.2 Å². The molecule has 0 fully saturated rings. The molecule has 0 saturated carbocycles. The van der Waals surface area contributed by atoms with E-state index >= 15 is 0 Å². The lowest BCUT2D eigenvalue weighted by Crippen LogP contribution is -2.15. The molecule has 6 nitrogen and oxygen atoms in total. The van der Waals surface area contributed by atoms with Crippen molar-refractivity contribution in [2.75, 3.05) is 14.2 Å². The van der Waals surface area contributed by atoms with Crippen molar-refractivity contribution < 1.29 is 28.8 Å². The van der Waals surface area contributed by atoms with Crippen molar-refractivity contribution >= 4 is 5.97 Å². The molecular weight excluding hydrogens is 384 g/mol. The van der Waals surface area contributed by atoms with E-state index in [1.165, 1.54) is 14.2 Å². The van der Waals surface area contributed by atoms with E-state index in [4.69, 9.17) is 18.9 Å². The van der Waals surface area contributed by atoms with Crippen molar-refractivity contribution in [3.63, 3.8) is 0 Å². The van der Waals surface area contributed by atoms with Crippen molar-refractivity contribution in [3.05, 3.63) is 89.0 Å². The molecule has 0 unspecified atom stereocenters. The summed E-state index contributed by atoms with van der Waals surface area (Å²) in [5, 5.41) is 10.7. The molecule has 0 atom stereocenters. The Morgan fingerprint density at radius 1 is 0.967 bits per heavy atom. The number of phenolic OH excluding ortho intramolecular Hbond substituents is 1. The molecule has 3 aromatic rings. The van der Waals surface area contributed by atoms with Gasteiger partial charge in [-0.1, -0.05) is 48.5 Å². The minimum atomic E-state index is -0.818. The zero-order valence-corrected chi connectivity index (χ0v) is 17.1. The van der Waals surface area contributed by atoms with Gasteiger partial charge in [-0.3, -0.25) is 0 Å². The molecular formula is C24H24O6. The third-order valence-corrected chi connectivity index (χ3v) is 4.61. The number of ether oxygens (including phenoxy) is 4. The summed E-state index contributed by atoms with van der Waals surface area (Å²) in [6.45, 7) is 1.86. The second-order valence-electron chi connectivity index (χ2n) is 6.59. The van der Waals surface area contributed by atoms with E-state index in [9.17, 15) is 9.90 Å². The van der Waals surface area contributed by atoms with Crippen molar-refractivity contribution in [2.45, 2.75) is 19.8 Å². The summed E-state index contributed by atoms with van der Waals surface area (Å²) < 4.78 is 22.0. The van der Waals surface area contributed by atoms with Crippen molar-refractivity contribution in [2.24, 2.45) is 0 Å². The Hall–Kier alpha value is -3.35. The minimum Gasteiger partial charge on any atom is -0.507 e. The smallest absolute Gasteiger partial charge is 0.347 e. The standard InChI is InChI=1S/C24H24O6/c1-16-21(23(26)30-18-12-8-5-9-13-18)20(29-15-17-10-6-4-7-11-17)14-19(22(16)25)24(27-2)28-3/h4-14,24-25H,15H2,1-3H3. The van der Waals surface area contributed by atoms with Crippen molar-refractivity contribution in [3.8, 4) is 17.2 Å². The lowest BCUT2D eigenvalue weighted by Gasteiger charge is -2.21. The first-order chi connectivity index (χ1) is 14.5. The van der Waals surface area contributed by atoms with Crippen LogP contribution in [0.25, 0.3) is 0 Å². The molecule has 0 aliphatic rings. The number of methoxy groups -OCH3 is 2. The third-order valence-electron chi connectivity index (χ3n) is 4.61. The fourth-order valence-corrected chi connectivity index (χ4v) is 3.08. The van der Waals surface area contributed by atoms with Crippen LogP contribution >= 0.6 is 0 Å². The summed E-state index contributed by atoms with van der Waals surface area (Å²) in [7, 11) is 2.93. The number of benzene rings is 3. The highest BCUT2D eigenvalue weighted by Gasteiger charge is 2.26. The number of hydrogen-bond acceptors (Lipinski definition) is 6. The largest absolute Gasteiger partial charge is 0.507 e. The van der Waals surface area contributed by atoms with E-state index in [1.54, 1.807) is 37.3 Å². The first-order valence-electron chi connectivity index (χ1n) is 9.41. The summed E-state index contributed by atoms with van der Waals surface area (Å²) in [6, 6.07) is 19.8. The number of para-hydroxylation sites is 1. The van der Waals surface area contributed by atoms with Crippen LogP contribution in [0, 0.1) is 6.92 Å². The molecule has 0 amide bonds. The maximum atomic E-state index is 13.0. The zero-order chi connectivity index (χ0) is 21.5. The predicted octanol–water partition coefficient (Wildman–Crippen LogP) is 4.79. The van der Waals surface area contributed by atoms with Gasteiger partial charge in [0.05, 0.1) is 5.56 Å². The lowest BCUT2D eigenvalue weighted by molar-refractivity contribution is -0.107. The Kier molecular flexibility index (Phi) is 7.06. The van der Waals surface area contributed by atoms with Crippen LogP contribution in [-0.2, 0) is 16.1 Å². The zero-order valence-electron chi connectivity index (χ0n) is 17.1. The van der Waals surface area contributed by atoms with E-state index in [0.29, 0.717) is 16.9 Å². The quantitative estimate of drug-likeness (QED) is 0.328. The lowest BCUT2D eigenvalue weighted by atomic mass is 10.0. The number of carbonyl (C=O) groups is 1. The minimum absolute atomic E-state index is 0.115. The predicted molar refractivity (Wildman–Crippen MR) is 112 cm³/mol. The van der Waals surface area contributed by atoms with Crippen LogP contribution in [0.4, 0.5) is 0 Å². The van der Waals surface area contributed by atoms with Crippen LogP contribution in [0.15, 0.2) is 66.7 Å². The monoisotopic (exact) mass is 408 g/mol. The summed E-state index contributed by atoms with van der Waals surface area (Å²) in [5.41, 5.74) is 1.75. The molecule has 156 valence electrons. The molecule has 0 spiro atoms. The molecule has 30 heavy (non-hydrogen) atoms. The third kappa shape index (κ3) is 4.79. The van der Waals surface area contributed by atoms with Gasteiger partial charge in [-0.15, -0.1) is 0 Å². The van der Waals surface area contributed by atoms with Gasteiger partial charge in [0, 0.05) is 19.8 Å². The number of rotatable bonds is 8. The van der Waals surface area contributed by atoms with E-state index in [2.05, 4.69) is 0 Å². The highest BCUT2D eigenvalue weighted by Crippen LogP contribution is 2.38. The van der Waals surface area contributed by atoms with Gasteiger partial charge >= 0.3 is 5.97 Å². The van der Waals surface area contributed by atoms with Crippen LogP contribution in [-0.4, -0.2) is 25.3 Å². The SMILES string of the molecule is COC(OC)c1cc(OCc2ccccc2)c(C(=O)Oc2ccccc2)c(C)c1O. The van der Waals surface area contributed by atoms with Gasteiger partial charge in [-0.05, 0) is 30.7 Å². The van der Waals surface area contributed by atoms with Gasteiger partial charge in [0.1, 0.15) is 29.4 Å². The first-order valence-corrected chi connectivity index (χ1v) is 9.41. The second-order valence-corrected chi connectivity index (χ2v) is 6.59. The summed E-state index contributed by atoms with van der Waals surface area (Å²) in [6.07, 6.45) is -0.818.